The van der Waals surface area contributed by atoms with Crippen molar-refractivity contribution in [1.29, 1.82) is 0 Å². The van der Waals surface area contributed by atoms with Gasteiger partial charge in [0.25, 0.3) is 11.6 Å². The van der Waals surface area contributed by atoms with Crippen LogP contribution in [0.15, 0.2) is 30.3 Å². The highest BCUT2D eigenvalue weighted by Gasteiger charge is 2.24. The van der Waals surface area contributed by atoms with Gasteiger partial charge in [0, 0.05) is 17.8 Å². The third kappa shape index (κ3) is 4.32. The predicted molar refractivity (Wildman–Crippen MR) is 87.3 cm³/mol. The Hall–Kier alpha value is -3.63. The molecule has 0 aliphatic heterocycles. The summed E-state index contributed by atoms with van der Waals surface area (Å²) in [5, 5.41) is 12.7. The predicted octanol–water partition coefficient (Wildman–Crippen LogP) is 2.78. The molecule has 11 heteroatoms. The molecule has 27 heavy (non-hydrogen) atoms. The van der Waals surface area contributed by atoms with E-state index in [2.05, 4.69) is 0 Å². The van der Waals surface area contributed by atoms with Crippen molar-refractivity contribution in [1.82, 2.24) is 0 Å². The number of nitrogen functional groups attached to an aromatic ring is 1. The summed E-state index contributed by atoms with van der Waals surface area (Å²) in [5.41, 5.74) is 4.03. The van der Waals surface area contributed by atoms with E-state index in [0.717, 1.165) is 31.2 Å². The maximum absolute atomic E-state index is 13.6. The van der Waals surface area contributed by atoms with Crippen molar-refractivity contribution in [2.45, 2.75) is 13.0 Å². The number of ether oxygens (including phenoxy) is 1. The Morgan fingerprint density at radius 3 is 2.48 bits per heavy atom. The maximum Gasteiger partial charge on any atom is 0.341 e. The van der Waals surface area contributed by atoms with Crippen molar-refractivity contribution in [2.75, 3.05) is 11.1 Å². The first-order valence-corrected chi connectivity index (χ1v) is 7.31. The Morgan fingerprint density at radius 2 is 1.85 bits per heavy atom. The fourth-order valence-electron chi connectivity index (χ4n) is 1.97. The number of benzene rings is 2. The molecule has 8 nitrogen and oxygen atoms in total. The number of amides is 1. The van der Waals surface area contributed by atoms with Crippen molar-refractivity contribution in [2.24, 2.45) is 0 Å². The average molecular weight is 383 g/mol. The third-order valence-electron chi connectivity index (χ3n) is 3.41. The van der Waals surface area contributed by atoms with Crippen molar-refractivity contribution < 1.29 is 32.4 Å². The number of nitrogens with zero attached hydrogens (tertiary/aromatic N) is 1. The van der Waals surface area contributed by atoms with Gasteiger partial charge in [-0.2, -0.15) is 0 Å². The van der Waals surface area contributed by atoms with Gasteiger partial charge in [0.15, 0.2) is 23.6 Å². The topological polar surface area (TPSA) is 125 Å². The summed E-state index contributed by atoms with van der Waals surface area (Å²) < 4.78 is 44.5. The molecule has 1 atom stereocenters. The minimum Gasteiger partial charge on any atom is -0.449 e. The lowest BCUT2D eigenvalue weighted by Crippen LogP contribution is -2.30. The van der Waals surface area contributed by atoms with E-state index >= 15 is 0 Å². The average Bonchev–Trinajstić information content (AvgIpc) is 2.62. The molecule has 142 valence electrons. The van der Waals surface area contributed by atoms with Gasteiger partial charge in [-0.15, -0.1) is 0 Å². The van der Waals surface area contributed by atoms with Crippen LogP contribution >= 0.6 is 0 Å². The number of hydrogen-bond acceptors (Lipinski definition) is 6. The van der Waals surface area contributed by atoms with Crippen molar-refractivity contribution in [3.8, 4) is 0 Å². The molecular formula is C16H12F3N3O5. The van der Waals surface area contributed by atoms with E-state index in [4.69, 9.17) is 10.5 Å². The van der Waals surface area contributed by atoms with Crippen LogP contribution in [-0.4, -0.2) is 22.9 Å². The Labute approximate surface area is 149 Å². The smallest absolute Gasteiger partial charge is 0.341 e. The molecule has 2 rings (SSSR count). The standard InChI is InChI=1S/C16H12F3N3O5/c1-7(15(23)21-12-5-3-10(17)13(18)14(12)19)27-16(24)9-6-8(22(25)26)2-4-11(9)20/h2-7H,20H2,1H3,(H,21,23)/t7-/m1/s1. The van der Waals surface area contributed by atoms with Gasteiger partial charge in [-0.25, -0.2) is 18.0 Å². The molecule has 0 saturated carbocycles. The lowest BCUT2D eigenvalue weighted by Gasteiger charge is -2.14. The van der Waals surface area contributed by atoms with Gasteiger partial charge >= 0.3 is 5.97 Å². The van der Waals surface area contributed by atoms with Gasteiger partial charge in [0.2, 0.25) is 0 Å². The summed E-state index contributed by atoms with van der Waals surface area (Å²) in [7, 11) is 0. The number of rotatable bonds is 5. The molecule has 0 radical (unpaired) electrons. The lowest BCUT2D eigenvalue weighted by atomic mass is 10.1. The quantitative estimate of drug-likeness (QED) is 0.269. The molecule has 0 unspecified atom stereocenters. The van der Waals surface area contributed by atoms with Gasteiger partial charge in [-0.05, 0) is 25.1 Å². The molecule has 0 bridgehead atoms. The van der Waals surface area contributed by atoms with Gasteiger partial charge in [0.1, 0.15) is 0 Å². The first kappa shape index (κ1) is 19.7. The molecule has 0 aliphatic rings. The number of nitro benzene ring substituents is 1. The van der Waals surface area contributed by atoms with Crippen molar-refractivity contribution in [3.05, 3.63) is 63.5 Å². The molecule has 1 amide bonds. The van der Waals surface area contributed by atoms with Crippen LogP contribution in [-0.2, 0) is 9.53 Å². The van der Waals surface area contributed by atoms with Crippen LogP contribution < -0.4 is 11.1 Å². The summed E-state index contributed by atoms with van der Waals surface area (Å²) in [6, 6.07) is 4.47. The van der Waals surface area contributed by atoms with Gasteiger partial charge in [-0.1, -0.05) is 0 Å². The number of carbonyl (C=O) groups is 2. The second-order valence-corrected chi connectivity index (χ2v) is 5.29. The van der Waals surface area contributed by atoms with Gasteiger partial charge in [0.05, 0.1) is 16.2 Å². The number of anilines is 2. The largest absolute Gasteiger partial charge is 0.449 e. The summed E-state index contributed by atoms with van der Waals surface area (Å²) >= 11 is 0. The summed E-state index contributed by atoms with van der Waals surface area (Å²) in [6.07, 6.45) is -1.50. The molecule has 0 saturated heterocycles. The molecule has 0 aromatic heterocycles. The SMILES string of the molecule is C[C@@H](OC(=O)c1cc([N+](=O)[O-])ccc1N)C(=O)Nc1ccc(F)c(F)c1F. The monoisotopic (exact) mass is 383 g/mol. The van der Waals surface area contributed by atoms with E-state index in [-0.39, 0.29) is 11.3 Å². The van der Waals surface area contributed by atoms with E-state index in [1.165, 1.54) is 0 Å². The number of halogens is 3. The second-order valence-electron chi connectivity index (χ2n) is 5.29. The van der Waals surface area contributed by atoms with Crippen molar-refractivity contribution >= 4 is 28.9 Å². The molecule has 0 heterocycles. The van der Waals surface area contributed by atoms with Crippen LogP contribution in [0.3, 0.4) is 0 Å². The summed E-state index contributed by atoms with van der Waals surface area (Å²) in [5.74, 6) is -7.01. The summed E-state index contributed by atoms with van der Waals surface area (Å²) in [4.78, 5) is 34.1. The van der Waals surface area contributed by atoms with Crippen LogP contribution in [0, 0.1) is 27.6 Å². The lowest BCUT2D eigenvalue weighted by molar-refractivity contribution is -0.384. The van der Waals surface area contributed by atoms with Crippen LogP contribution in [0.2, 0.25) is 0 Å². The zero-order valence-corrected chi connectivity index (χ0v) is 13.7. The highest BCUT2D eigenvalue weighted by molar-refractivity contribution is 5.99. The molecule has 0 aliphatic carbocycles. The van der Waals surface area contributed by atoms with Crippen LogP contribution in [0.25, 0.3) is 0 Å². The molecule has 2 aromatic rings. The Bertz CT molecular complexity index is 936. The fourth-order valence-corrected chi connectivity index (χ4v) is 1.97. The Balaban J connectivity index is 2.13. The van der Waals surface area contributed by atoms with Crippen molar-refractivity contribution in [3.63, 3.8) is 0 Å². The molecule has 0 fully saturated rings. The second kappa shape index (κ2) is 7.72. The van der Waals surface area contributed by atoms with E-state index in [9.17, 15) is 32.9 Å². The van der Waals surface area contributed by atoms with Gasteiger partial charge < -0.3 is 15.8 Å². The number of nitrogens with two attached hydrogens (primary N) is 1. The molecule has 2 aromatic carbocycles. The Kier molecular flexibility index (Phi) is 5.63. The molecular weight excluding hydrogens is 371 g/mol. The van der Waals surface area contributed by atoms with Crippen LogP contribution in [0.5, 0.6) is 0 Å². The molecule has 0 spiro atoms. The summed E-state index contributed by atoms with van der Waals surface area (Å²) in [6.45, 7) is 1.12. The zero-order chi connectivity index (χ0) is 20.3. The molecule has 3 N–H and O–H groups in total. The number of carbonyl (C=O) groups excluding carboxylic acids is 2. The van der Waals surface area contributed by atoms with E-state index in [1.54, 1.807) is 0 Å². The number of non-ortho nitro benzene ring substituents is 1. The van der Waals surface area contributed by atoms with Gasteiger partial charge in [-0.3, -0.25) is 14.9 Å². The normalized spacial score (nSPS) is 11.6. The first-order valence-electron chi connectivity index (χ1n) is 7.31. The minimum absolute atomic E-state index is 0.121. The third-order valence-corrected chi connectivity index (χ3v) is 3.41. The minimum atomic E-state index is -1.78. The number of nitro groups is 1. The van der Waals surface area contributed by atoms with E-state index < -0.39 is 51.7 Å². The number of hydrogen-bond donors (Lipinski definition) is 2. The number of nitrogens with one attached hydrogen (secondary N) is 1. The maximum atomic E-state index is 13.6. The fraction of sp³-hybridized carbons (Fsp3) is 0.125. The Morgan fingerprint density at radius 1 is 1.19 bits per heavy atom. The number of esters is 1. The van der Waals surface area contributed by atoms with Crippen LogP contribution in [0.4, 0.5) is 30.2 Å². The van der Waals surface area contributed by atoms with E-state index in [1.807, 2.05) is 5.32 Å². The zero-order valence-electron chi connectivity index (χ0n) is 13.7. The highest BCUT2D eigenvalue weighted by Crippen LogP contribution is 2.22. The highest BCUT2D eigenvalue weighted by atomic mass is 19.2. The van der Waals surface area contributed by atoms with E-state index in [0.29, 0.717) is 6.07 Å². The first-order chi connectivity index (χ1) is 12.6. The van der Waals surface area contributed by atoms with Crippen LogP contribution in [0.1, 0.15) is 17.3 Å².